The number of halogens is 2. The lowest BCUT2D eigenvalue weighted by atomic mass is 10.1. The third-order valence-corrected chi connectivity index (χ3v) is 3.88. The summed E-state index contributed by atoms with van der Waals surface area (Å²) in [6.07, 6.45) is 1.72. The van der Waals surface area contributed by atoms with Gasteiger partial charge in [0.2, 0.25) is 0 Å². The summed E-state index contributed by atoms with van der Waals surface area (Å²) in [7, 11) is 1.86. The zero-order chi connectivity index (χ0) is 16.9. The first-order chi connectivity index (χ1) is 11.7. The molecule has 3 rings (SSSR count). The topological polar surface area (TPSA) is 71.8 Å². The van der Waals surface area contributed by atoms with Crippen LogP contribution >= 0.6 is 24.8 Å². The lowest BCUT2D eigenvalue weighted by Gasteiger charge is -2.09. The molecule has 140 valence electrons. The molecule has 3 aromatic rings. The minimum absolute atomic E-state index is 0. The third kappa shape index (κ3) is 4.52. The first-order valence-corrected chi connectivity index (χ1v) is 8.09. The number of aryl methyl sites for hydroxylation is 1. The van der Waals surface area contributed by atoms with E-state index in [2.05, 4.69) is 15.7 Å². The number of fused-ring (bicyclic) bond motifs is 1. The van der Waals surface area contributed by atoms with E-state index in [1.165, 1.54) is 0 Å². The van der Waals surface area contributed by atoms with E-state index >= 15 is 0 Å². The van der Waals surface area contributed by atoms with Gasteiger partial charge in [-0.1, -0.05) is 30.3 Å². The Kier molecular flexibility index (Phi) is 8.51. The maximum absolute atomic E-state index is 12.6. The highest BCUT2D eigenvalue weighted by atomic mass is 35.5. The van der Waals surface area contributed by atoms with Gasteiger partial charge in [0.25, 0.3) is 5.91 Å². The molecule has 0 spiro atoms. The number of benzene rings is 1. The number of hydrogen-bond donors (Lipinski definition) is 2. The van der Waals surface area contributed by atoms with Gasteiger partial charge in [-0.25, -0.2) is 9.67 Å². The van der Waals surface area contributed by atoms with Gasteiger partial charge in [-0.05, 0) is 20.0 Å². The Labute approximate surface area is 165 Å². The van der Waals surface area contributed by atoms with Crippen LogP contribution in [-0.2, 0) is 6.54 Å². The monoisotopic (exact) mass is 395 g/mol. The lowest BCUT2D eigenvalue weighted by molar-refractivity contribution is 0.0956. The van der Waals surface area contributed by atoms with Crippen molar-refractivity contribution in [1.29, 1.82) is 0 Å². The summed E-state index contributed by atoms with van der Waals surface area (Å²) in [6.45, 7) is 4.01. The van der Waals surface area contributed by atoms with E-state index in [1.54, 1.807) is 6.20 Å². The highest BCUT2D eigenvalue weighted by molar-refractivity contribution is 6.06. The molecule has 0 aliphatic heterocycles. The quantitative estimate of drug-likeness (QED) is 0.629. The van der Waals surface area contributed by atoms with Gasteiger partial charge in [-0.3, -0.25) is 4.79 Å². The average Bonchev–Trinajstić information content (AvgIpc) is 3.04. The Morgan fingerprint density at radius 2 is 1.88 bits per heavy atom. The Hall–Kier alpha value is -2.15. The Morgan fingerprint density at radius 3 is 2.54 bits per heavy atom. The van der Waals surface area contributed by atoms with Gasteiger partial charge in [0, 0.05) is 25.2 Å². The van der Waals surface area contributed by atoms with Gasteiger partial charge in [0.1, 0.15) is 0 Å². The highest BCUT2D eigenvalue weighted by Gasteiger charge is 2.16. The molecule has 0 saturated carbocycles. The van der Waals surface area contributed by atoms with Crippen LogP contribution in [0.3, 0.4) is 0 Å². The van der Waals surface area contributed by atoms with Crippen molar-refractivity contribution in [2.24, 2.45) is 0 Å². The van der Waals surface area contributed by atoms with Gasteiger partial charge in [0.15, 0.2) is 5.65 Å². The zero-order valence-electron chi connectivity index (χ0n) is 14.7. The second-order valence-electron chi connectivity index (χ2n) is 5.48. The molecule has 1 aromatic carbocycles. The van der Waals surface area contributed by atoms with Crippen molar-refractivity contribution in [2.75, 3.05) is 20.1 Å². The summed E-state index contributed by atoms with van der Waals surface area (Å²) < 4.78 is 1.81. The van der Waals surface area contributed by atoms with E-state index in [4.69, 9.17) is 4.98 Å². The van der Waals surface area contributed by atoms with Crippen LogP contribution in [0.25, 0.3) is 22.3 Å². The first-order valence-electron chi connectivity index (χ1n) is 8.09. The van der Waals surface area contributed by atoms with Gasteiger partial charge < -0.3 is 10.6 Å². The molecule has 26 heavy (non-hydrogen) atoms. The smallest absolute Gasteiger partial charge is 0.252 e. The number of nitrogens with one attached hydrogen (secondary N) is 2. The summed E-state index contributed by atoms with van der Waals surface area (Å²) in [5, 5.41) is 11.1. The Morgan fingerprint density at radius 1 is 1.15 bits per heavy atom. The van der Waals surface area contributed by atoms with E-state index in [1.807, 2.05) is 55.1 Å². The van der Waals surface area contributed by atoms with Gasteiger partial charge in [-0.15, -0.1) is 24.8 Å². The molecular formula is C18H23Cl2N5O. The van der Waals surface area contributed by atoms with Crippen LogP contribution in [-0.4, -0.2) is 40.8 Å². The summed E-state index contributed by atoms with van der Waals surface area (Å²) >= 11 is 0. The largest absolute Gasteiger partial charge is 0.351 e. The van der Waals surface area contributed by atoms with Crippen LogP contribution in [0.5, 0.6) is 0 Å². The second-order valence-corrected chi connectivity index (χ2v) is 5.48. The number of rotatable bonds is 6. The Balaban J connectivity index is 0.00000169. The lowest BCUT2D eigenvalue weighted by Crippen LogP contribution is -2.30. The molecule has 0 bridgehead atoms. The minimum atomic E-state index is -0.106. The standard InChI is InChI=1S/C18H21N5O.2ClH/c1-3-23-17-15(12-21-23)14(18(24)20-10-9-19-2)11-16(22-17)13-7-5-4-6-8-13;;/h4-8,11-12,19H,3,9-10H2,1-2H3,(H,20,24);2*1H. The molecule has 0 aliphatic rings. The molecule has 0 saturated heterocycles. The molecule has 0 atom stereocenters. The van der Waals surface area contributed by atoms with Crippen molar-refractivity contribution in [2.45, 2.75) is 13.5 Å². The zero-order valence-corrected chi connectivity index (χ0v) is 16.4. The van der Waals surface area contributed by atoms with Crippen molar-refractivity contribution in [3.05, 3.63) is 48.2 Å². The maximum Gasteiger partial charge on any atom is 0.252 e. The van der Waals surface area contributed by atoms with E-state index in [0.717, 1.165) is 28.8 Å². The summed E-state index contributed by atoms with van der Waals surface area (Å²) in [5.74, 6) is -0.106. The van der Waals surface area contributed by atoms with Crippen molar-refractivity contribution in [3.63, 3.8) is 0 Å². The van der Waals surface area contributed by atoms with Gasteiger partial charge >= 0.3 is 0 Å². The van der Waals surface area contributed by atoms with Crippen LogP contribution < -0.4 is 10.6 Å². The summed E-state index contributed by atoms with van der Waals surface area (Å²) in [4.78, 5) is 17.3. The second kappa shape index (κ2) is 10.1. The van der Waals surface area contributed by atoms with E-state index < -0.39 is 0 Å². The molecule has 2 N–H and O–H groups in total. The van der Waals surface area contributed by atoms with Gasteiger partial charge in [0.05, 0.1) is 22.8 Å². The molecule has 0 aliphatic carbocycles. The Bertz CT molecular complexity index is 851. The van der Waals surface area contributed by atoms with Crippen molar-refractivity contribution in [1.82, 2.24) is 25.4 Å². The maximum atomic E-state index is 12.6. The van der Waals surface area contributed by atoms with E-state index in [-0.39, 0.29) is 30.7 Å². The van der Waals surface area contributed by atoms with Crippen molar-refractivity contribution in [3.8, 4) is 11.3 Å². The minimum Gasteiger partial charge on any atom is -0.351 e. The third-order valence-electron chi connectivity index (χ3n) is 3.88. The molecule has 6 nitrogen and oxygen atoms in total. The van der Waals surface area contributed by atoms with E-state index in [0.29, 0.717) is 18.7 Å². The number of pyridine rings is 1. The fourth-order valence-corrected chi connectivity index (χ4v) is 2.62. The fraction of sp³-hybridized carbons (Fsp3) is 0.278. The van der Waals surface area contributed by atoms with Crippen LogP contribution in [0.2, 0.25) is 0 Å². The fourth-order valence-electron chi connectivity index (χ4n) is 2.62. The summed E-state index contributed by atoms with van der Waals surface area (Å²) in [6, 6.07) is 11.7. The van der Waals surface area contributed by atoms with E-state index in [9.17, 15) is 4.79 Å². The number of hydrogen-bond acceptors (Lipinski definition) is 4. The molecule has 0 unspecified atom stereocenters. The predicted molar refractivity (Wildman–Crippen MR) is 109 cm³/mol. The van der Waals surface area contributed by atoms with Crippen LogP contribution in [0.15, 0.2) is 42.6 Å². The highest BCUT2D eigenvalue weighted by Crippen LogP contribution is 2.24. The van der Waals surface area contributed by atoms with Gasteiger partial charge in [-0.2, -0.15) is 5.10 Å². The average molecular weight is 396 g/mol. The number of carbonyl (C=O) groups is 1. The summed E-state index contributed by atoms with van der Waals surface area (Å²) in [5.41, 5.74) is 3.09. The first kappa shape index (κ1) is 21.9. The molecular weight excluding hydrogens is 373 g/mol. The normalized spacial score (nSPS) is 10.1. The number of carbonyl (C=O) groups excluding carboxylic acids is 1. The SMILES string of the molecule is CCn1ncc2c(C(=O)NCCNC)cc(-c3ccccc3)nc21.Cl.Cl. The predicted octanol–water partition coefficient (Wildman–Crippen LogP) is 2.91. The molecule has 8 heteroatoms. The van der Waals surface area contributed by atoms with Crippen molar-refractivity contribution < 1.29 is 4.79 Å². The molecule has 0 fully saturated rings. The van der Waals surface area contributed by atoms with Crippen LogP contribution in [0.4, 0.5) is 0 Å². The molecule has 1 amide bonds. The molecule has 2 aromatic heterocycles. The number of amides is 1. The van der Waals surface area contributed by atoms with Crippen molar-refractivity contribution >= 4 is 41.8 Å². The van der Waals surface area contributed by atoms with Crippen LogP contribution in [0, 0.1) is 0 Å². The number of likely N-dealkylation sites (N-methyl/N-ethyl adjacent to an activating group) is 1. The molecule has 2 heterocycles. The number of aromatic nitrogens is 3. The molecule has 0 radical (unpaired) electrons. The van der Waals surface area contributed by atoms with Crippen LogP contribution in [0.1, 0.15) is 17.3 Å². The number of nitrogens with zero attached hydrogens (tertiary/aromatic N) is 3.